The molecule has 0 radical (unpaired) electrons. The van der Waals surface area contributed by atoms with Crippen molar-refractivity contribution in [2.75, 3.05) is 26.3 Å². The summed E-state index contributed by atoms with van der Waals surface area (Å²) in [5, 5.41) is 9.31. The van der Waals surface area contributed by atoms with Crippen molar-refractivity contribution in [1.82, 2.24) is 4.90 Å². The zero-order valence-electron chi connectivity index (χ0n) is 43.7. The second kappa shape index (κ2) is 49.3. The van der Waals surface area contributed by atoms with Crippen LogP contribution in [0.2, 0.25) is 0 Å². The first-order valence-electron chi connectivity index (χ1n) is 28.6. The molecule has 2 atom stereocenters. The summed E-state index contributed by atoms with van der Waals surface area (Å²) in [6.45, 7) is 14.6. The fraction of sp³-hybridized carbons (Fsp3) is 0.947. The Hall–Kier alpha value is -1.63. The molecule has 1 N–H and O–H groups in total. The van der Waals surface area contributed by atoms with E-state index in [0.717, 1.165) is 51.6 Å². The number of carbonyl (C=O) groups is 3. The van der Waals surface area contributed by atoms with Gasteiger partial charge in [-0.2, -0.15) is 0 Å². The second-order valence-corrected chi connectivity index (χ2v) is 20.1. The molecule has 7 heteroatoms. The Kier molecular flexibility index (Phi) is 48.0. The molecular formula is C57H111NO6. The number of hydrogen-bond acceptors (Lipinski definition) is 6. The molecular weight excluding hydrogens is 795 g/mol. The molecule has 7 nitrogen and oxygen atoms in total. The van der Waals surface area contributed by atoms with Gasteiger partial charge in [0.05, 0.1) is 13.2 Å². The highest BCUT2D eigenvalue weighted by Gasteiger charge is 2.19. The summed E-state index contributed by atoms with van der Waals surface area (Å²) >= 11 is 0. The van der Waals surface area contributed by atoms with E-state index >= 15 is 0 Å². The molecule has 0 fully saturated rings. The number of ether oxygens (including phenoxy) is 2. The molecule has 0 aromatic carbocycles. The van der Waals surface area contributed by atoms with E-state index in [0.29, 0.717) is 43.9 Å². The number of esters is 2. The van der Waals surface area contributed by atoms with Gasteiger partial charge < -0.3 is 19.5 Å². The minimum atomic E-state index is -0.683. The van der Waals surface area contributed by atoms with Crippen LogP contribution in [0.1, 0.15) is 304 Å². The highest BCUT2D eigenvalue weighted by atomic mass is 16.5. The Bertz CT molecular complexity index is 949. The maximum Gasteiger partial charge on any atom is 0.305 e. The van der Waals surface area contributed by atoms with E-state index in [-0.39, 0.29) is 18.4 Å². The van der Waals surface area contributed by atoms with E-state index in [9.17, 15) is 19.5 Å². The summed E-state index contributed by atoms with van der Waals surface area (Å²) in [5.74, 6) is 0.362. The van der Waals surface area contributed by atoms with Gasteiger partial charge in [-0.25, -0.2) is 0 Å². The molecule has 0 aliphatic carbocycles. The molecule has 2 unspecified atom stereocenters. The third kappa shape index (κ3) is 43.0. The highest BCUT2D eigenvalue weighted by molar-refractivity contribution is 5.69. The Balaban J connectivity index is 4.90. The van der Waals surface area contributed by atoms with Gasteiger partial charge in [-0.05, 0) is 95.6 Å². The fourth-order valence-electron chi connectivity index (χ4n) is 9.46. The maximum atomic E-state index is 12.6. The van der Waals surface area contributed by atoms with Crippen LogP contribution in [0, 0.1) is 11.8 Å². The van der Waals surface area contributed by atoms with Crippen molar-refractivity contribution >= 4 is 17.9 Å². The number of hydrogen-bond donors (Lipinski definition) is 1. The van der Waals surface area contributed by atoms with Gasteiger partial charge in [0.15, 0.2) is 0 Å². The van der Waals surface area contributed by atoms with Gasteiger partial charge in [0.25, 0.3) is 0 Å². The number of rotatable bonds is 52. The van der Waals surface area contributed by atoms with Gasteiger partial charge in [0.1, 0.15) is 0 Å². The number of carboxylic acid groups (broad SMARTS) is 1. The first kappa shape index (κ1) is 62.4. The lowest BCUT2D eigenvalue weighted by atomic mass is 9.96. The average molecular weight is 907 g/mol. The Morgan fingerprint density at radius 1 is 0.359 bits per heavy atom. The van der Waals surface area contributed by atoms with Crippen molar-refractivity contribution in [2.45, 2.75) is 310 Å². The maximum absolute atomic E-state index is 12.6. The number of nitrogens with zero attached hydrogens (tertiary/aromatic N) is 1. The second-order valence-electron chi connectivity index (χ2n) is 20.1. The number of carbonyl (C=O) groups excluding carboxylic acids is 2. The van der Waals surface area contributed by atoms with E-state index in [2.05, 4.69) is 39.5 Å². The van der Waals surface area contributed by atoms with E-state index in [1.807, 2.05) is 0 Å². The summed E-state index contributed by atoms with van der Waals surface area (Å²) in [6.07, 6.45) is 48.4. The molecule has 0 saturated heterocycles. The zero-order valence-corrected chi connectivity index (χ0v) is 43.7. The lowest BCUT2D eigenvalue weighted by molar-refractivity contribution is -0.146. The van der Waals surface area contributed by atoms with Crippen molar-refractivity contribution in [3.05, 3.63) is 0 Å². The lowest BCUT2D eigenvalue weighted by Gasteiger charge is -2.32. The van der Waals surface area contributed by atoms with Crippen LogP contribution in [0.5, 0.6) is 0 Å². The molecule has 380 valence electrons. The van der Waals surface area contributed by atoms with Crippen LogP contribution < -0.4 is 0 Å². The highest BCUT2D eigenvalue weighted by Crippen LogP contribution is 2.23. The monoisotopic (exact) mass is 906 g/mol. The van der Waals surface area contributed by atoms with Gasteiger partial charge in [-0.1, -0.05) is 214 Å². The SMILES string of the molecule is CCCCCCCCCN(CCCCC(=O)O)C(CCCCCCCCC(=O)OCC(CCCC)CCCCCC)CCCCCCCCC(=O)OCC(CCCC)CCCCCC. The van der Waals surface area contributed by atoms with Crippen LogP contribution in [-0.4, -0.2) is 60.3 Å². The molecule has 0 heterocycles. The van der Waals surface area contributed by atoms with Crippen molar-refractivity contribution in [3.63, 3.8) is 0 Å². The molecule has 0 aliphatic rings. The Morgan fingerprint density at radius 2 is 0.656 bits per heavy atom. The first-order valence-corrected chi connectivity index (χ1v) is 28.6. The summed E-state index contributed by atoms with van der Waals surface area (Å²) in [4.78, 5) is 39.2. The van der Waals surface area contributed by atoms with Gasteiger partial charge >= 0.3 is 17.9 Å². The summed E-state index contributed by atoms with van der Waals surface area (Å²) in [6, 6.07) is 0.565. The quantitative estimate of drug-likeness (QED) is 0.0480. The predicted molar refractivity (Wildman–Crippen MR) is 274 cm³/mol. The van der Waals surface area contributed by atoms with Crippen LogP contribution >= 0.6 is 0 Å². The molecule has 0 spiro atoms. The van der Waals surface area contributed by atoms with Crippen molar-refractivity contribution in [2.24, 2.45) is 11.8 Å². The fourth-order valence-corrected chi connectivity index (χ4v) is 9.46. The number of aliphatic carboxylic acids is 1. The molecule has 64 heavy (non-hydrogen) atoms. The molecule has 0 aromatic heterocycles. The standard InChI is InChI=1S/C57H111NO6/c1-6-11-16-19-24-29-37-48-58(49-38-36-45-55(59)60)54(43-32-25-20-22-27-34-46-56(61)63-50-52(39-14-9-4)41-30-17-12-7-2)44-33-26-21-23-28-35-47-57(62)64-51-53(40-15-10-5)42-31-18-13-8-3/h52-54H,6-51H2,1-5H3,(H,59,60). The summed E-state index contributed by atoms with van der Waals surface area (Å²) in [7, 11) is 0. The van der Waals surface area contributed by atoms with Crippen LogP contribution in [0.4, 0.5) is 0 Å². The van der Waals surface area contributed by atoms with Crippen molar-refractivity contribution < 1.29 is 29.0 Å². The molecule has 0 saturated carbocycles. The van der Waals surface area contributed by atoms with Crippen molar-refractivity contribution in [1.29, 1.82) is 0 Å². The Morgan fingerprint density at radius 3 is 1.06 bits per heavy atom. The molecule has 0 rings (SSSR count). The van der Waals surface area contributed by atoms with E-state index in [1.54, 1.807) is 0 Å². The predicted octanol–water partition coefficient (Wildman–Crippen LogP) is 17.5. The van der Waals surface area contributed by atoms with E-state index in [1.165, 1.54) is 212 Å². The van der Waals surface area contributed by atoms with Crippen LogP contribution in [0.3, 0.4) is 0 Å². The van der Waals surface area contributed by atoms with Crippen LogP contribution in [0.15, 0.2) is 0 Å². The van der Waals surface area contributed by atoms with Crippen LogP contribution in [0.25, 0.3) is 0 Å². The summed E-state index contributed by atoms with van der Waals surface area (Å²) in [5.41, 5.74) is 0. The molecule has 0 bridgehead atoms. The topological polar surface area (TPSA) is 93.1 Å². The molecule has 0 aliphatic heterocycles. The van der Waals surface area contributed by atoms with Gasteiger partial charge in [0, 0.05) is 25.3 Å². The average Bonchev–Trinajstić information content (AvgIpc) is 3.29. The lowest BCUT2D eigenvalue weighted by Crippen LogP contribution is -2.37. The smallest absolute Gasteiger partial charge is 0.305 e. The molecule has 0 amide bonds. The Labute approximate surface area is 398 Å². The first-order chi connectivity index (χ1) is 31.3. The largest absolute Gasteiger partial charge is 0.481 e. The minimum Gasteiger partial charge on any atom is -0.481 e. The molecule has 0 aromatic rings. The third-order valence-electron chi connectivity index (χ3n) is 13.8. The number of unbranched alkanes of at least 4 members (excludes halogenated alkanes) is 25. The normalized spacial score (nSPS) is 13.0. The minimum absolute atomic E-state index is 0.00290. The van der Waals surface area contributed by atoms with Crippen molar-refractivity contribution in [3.8, 4) is 0 Å². The van der Waals surface area contributed by atoms with Gasteiger partial charge in [-0.15, -0.1) is 0 Å². The van der Waals surface area contributed by atoms with E-state index < -0.39 is 5.97 Å². The van der Waals surface area contributed by atoms with Crippen LogP contribution in [-0.2, 0) is 23.9 Å². The number of carboxylic acids is 1. The van der Waals surface area contributed by atoms with E-state index in [4.69, 9.17) is 9.47 Å². The van der Waals surface area contributed by atoms with Gasteiger partial charge in [-0.3, -0.25) is 14.4 Å². The van der Waals surface area contributed by atoms with Gasteiger partial charge in [0.2, 0.25) is 0 Å². The zero-order chi connectivity index (χ0) is 47.0. The summed E-state index contributed by atoms with van der Waals surface area (Å²) < 4.78 is 11.6. The third-order valence-corrected chi connectivity index (χ3v) is 13.8.